The van der Waals surface area contributed by atoms with Crippen molar-refractivity contribution >= 4 is 17.3 Å². The first kappa shape index (κ1) is 15.8. The van der Waals surface area contributed by atoms with E-state index in [0.29, 0.717) is 22.7 Å². The van der Waals surface area contributed by atoms with Gasteiger partial charge in [0.1, 0.15) is 6.61 Å². The Morgan fingerprint density at radius 3 is 2.76 bits per heavy atom. The fraction of sp³-hybridized carbons (Fsp3) is 0.588. The lowest BCUT2D eigenvalue weighted by atomic mass is 9.71. The Bertz CT molecular complexity index is 499. The summed E-state index contributed by atoms with van der Waals surface area (Å²) in [5, 5.41) is 2.79. The quantitative estimate of drug-likeness (QED) is 0.835. The standard InChI is InChI=1S/C17H26N2O2/c1-12-8-13(10-17(2,3)9-12)21-11-16(20)19-15-7-5-4-6-14(15)18/h4-7,12-13H,8-11,18H2,1-3H3,(H,19,20). The molecule has 116 valence electrons. The summed E-state index contributed by atoms with van der Waals surface area (Å²) in [6.45, 7) is 6.87. The lowest BCUT2D eigenvalue weighted by Crippen LogP contribution is -2.34. The molecule has 0 heterocycles. The van der Waals surface area contributed by atoms with Crippen LogP contribution in [0.5, 0.6) is 0 Å². The van der Waals surface area contributed by atoms with Gasteiger partial charge < -0.3 is 15.8 Å². The first-order valence-electron chi connectivity index (χ1n) is 7.62. The van der Waals surface area contributed by atoms with E-state index in [1.54, 1.807) is 12.1 Å². The highest BCUT2D eigenvalue weighted by atomic mass is 16.5. The second-order valence-corrected chi connectivity index (χ2v) is 6.98. The predicted molar refractivity (Wildman–Crippen MR) is 86.0 cm³/mol. The zero-order valence-electron chi connectivity index (χ0n) is 13.2. The monoisotopic (exact) mass is 290 g/mol. The zero-order valence-corrected chi connectivity index (χ0v) is 13.2. The van der Waals surface area contributed by atoms with E-state index in [0.717, 1.165) is 12.8 Å². The average Bonchev–Trinajstić information content (AvgIpc) is 2.37. The third-order valence-electron chi connectivity index (χ3n) is 4.03. The minimum atomic E-state index is -0.149. The van der Waals surface area contributed by atoms with Crippen molar-refractivity contribution in [2.24, 2.45) is 11.3 Å². The number of rotatable bonds is 4. The van der Waals surface area contributed by atoms with Crippen LogP contribution in [-0.4, -0.2) is 18.6 Å². The number of nitrogens with two attached hydrogens (primary N) is 1. The van der Waals surface area contributed by atoms with Crippen LogP contribution in [0.2, 0.25) is 0 Å². The summed E-state index contributed by atoms with van der Waals surface area (Å²) in [6, 6.07) is 7.24. The van der Waals surface area contributed by atoms with Crippen LogP contribution in [0.3, 0.4) is 0 Å². The van der Waals surface area contributed by atoms with E-state index in [4.69, 9.17) is 10.5 Å². The Kier molecular flexibility index (Phi) is 4.88. The van der Waals surface area contributed by atoms with Crippen molar-refractivity contribution in [2.75, 3.05) is 17.7 Å². The van der Waals surface area contributed by atoms with Gasteiger partial charge in [-0.15, -0.1) is 0 Å². The number of nitrogens with one attached hydrogen (secondary N) is 1. The number of hydrogen-bond donors (Lipinski definition) is 2. The number of carbonyl (C=O) groups is 1. The normalized spacial score (nSPS) is 24.5. The van der Waals surface area contributed by atoms with Gasteiger partial charge in [0.25, 0.3) is 0 Å². The Morgan fingerprint density at radius 1 is 1.38 bits per heavy atom. The highest BCUT2D eigenvalue weighted by molar-refractivity contribution is 5.94. The molecule has 0 aliphatic heterocycles. The molecule has 0 bridgehead atoms. The van der Waals surface area contributed by atoms with Crippen molar-refractivity contribution in [3.63, 3.8) is 0 Å². The minimum Gasteiger partial charge on any atom is -0.397 e. The van der Waals surface area contributed by atoms with Gasteiger partial charge in [-0.05, 0) is 42.7 Å². The molecule has 0 spiro atoms. The average molecular weight is 290 g/mol. The Morgan fingerprint density at radius 2 is 2.10 bits per heavy atom. The third kappa shape index (κ3) is 4.74. The van der Waals surface area contributed by atoms with Gasteiger partial charge in [-0.2, -0.15) is 0 Å². The van der Waals surface area contributed by atoms with E-state index in [9.17, 15) is 4.79 Å². The van der Waals surface area contributed by atoms with Crippen LogP contribution >= 0.6 is 0 Å². The van der Waals surface area contributed by atoms with E-state index >= 15 is 0 Å². The molecule has 0 radical (unpaired) electrons. The maximum absolute atomic E-state index is 12.0. The van der Waals surface area contributed by atoms with Gasteiger partial charge >= 0.3 is 0 Å². The first-order chi connectivity index (χ1) is 9.85. The molecule has 4 heteroatoms. The van der Waals surface area contributed by atoms with Gasteiger partial charge in [0.05, 0.1) is 17.5 Å². The molecule has 1 aliphatic rings. The topological polar surface area (TPSA) is 64.3 Å². The van der Waals surface area contributed by atoms with Gasteiger partial charge in [0, 0.05) is 0 Å². The summed E-state index contributed by atoms with van der Waals surface area (Å²) in [5.41, 5.74) is 7.31. The number of para-hydroxylation sites is 2. The van der Waals surface area contributed by atoms with Crippen molar-refractivity contribution in [1.29, 1.82) is 0 Å². The molecule has 0 saturated heterocycles. The number of amides is 1. The lowest BCUT2D eigenvalue weighted by Gasteiger charge is -2.38. The van der Waals surface area contributed by atoms with Crippen LogP contribution in [-0.2, 0) is 9.53 Å². The highest BCUT2D eigenvalue weighted by Gasteiger charge is 2.32. The molecule has 21 heavy (non-hydrogen) atoms. The van der Waals surface area contributed by atoms with Crippen molar-refractivity contribution in [3.8, 4) is 0 Å². The maximum Gasteiger partial charge on any atom is 0.250 e. The lowest BCUT2D eigenvalue weighted by molar-refractivity contribution is -0.124. The van der Waals surface area contributed by atoms with Crippen molar-refractivity contribution in [1.82, 2.24) is 0 Å². The fourth-order valence-corrected chi connectivity index (χ4v) is 3.38. The number of ether oxygens (including phenoxy) is 1. The molecule has 2 rings (SSSR count). The minimum absolute atomic E-state index is 0.0851. The summed E-state index contributed by atoms with van der Waals surface area (Å²) in [5.74, 6) is 0.496. The smallest absolute Gasteiger partial charge is 0.250 e. The molecular formula is C17H26N2O2. The van der Waals surface area contributed by atoms with Crippen LogP contribution in [0.15, 0.2) is 24.3 Å². The van der Waals surface area contributed by atoms with E-state index in [1.807, 2.05) is 12.1 Å². The maximum atomic E-state index is 12.0. The summed E-state index contributed by atoms with van der Waals surface area (Å²) in [6.07, 6.45) is 3.43. The molecular weight excluding hydrogens is 264 g/mol. The first-order valence-corrected chi connectivity index (χ1v) is 7.62. The third-order valence-corrected chi connectivity index (χ3v) is 4.03. The SMILES string of the molecule is CC1CC(OCC(=O)Nc2ccccc2N)CC(C)(C)C1. The molecule has 1 aromatic carbocycles. The van der Waals surface area contributed by atoms with Crippen LogP contribution in [0, 0.1) is 11.3 Å². The van der Waals surface area contributed by atoms with Gasteiger partial charge in [-0.25, -0.2) is 0 Å². The number of anilines is 2. The zero-order chi connectivity index (χ0) is 15.5. The van der Waals surface area contributed by atoms with Crippen LogP contribution < -0.4 is 11.1 Å². The van der Waals surface area contributed by atoms with Crippen molar-refractivity contribution in [3.05, 3.63) is 24.3 Å². The van der Waals surface area contributed by atoms with Crippen LogP contribution in [0.25, 0.3) is 0 Å². The van der Waals surface area contributed by atoms with Crippen LogP contribution in [0.1, 0.15) is 40.0 Å². The van der Waals surface area contributed by atoms with Gasteiger partial charge in [-0.1, -0.05) is 32.9 Å². The second kappa shape index (κ2) is 6.48. The summed E-state index contributed by atoms with van der Waals surface area (Å²) >= 11 is 0. The molecule has 2 atom stereocenters. The van der Waals surface area contributed by atoms with E-state index in [2.05, 4.69) is 26.1 Å². The number of carbonyl (C=O) groups excluding carboxylic acids is 1. The van der Waals surface area contributed by atoms with Gasteiger partial charge in [-0.3, -0.25) is 4.79 Å². The molecule has 1 aliphatic carbocycles. The molecule has 3 N–H and O–H groups in total. The number of nitrogen functional groups attached to an aromatic ring is 1. The Labute approximate surface area is 127 Å². The fourth-order valence-electron chi connectivity index (χ4n) is 3.38. The van der Waals surface area contributed by atoms with Crippen molar-refractivity contribution in [2.45, 2.75) is 46.1 Å². The summed E-state index contributed by atoms with van der Waals surface area (Å²) in [7, 11) is 0. The predicted octanol–water partition coefficient (Wildman–Crippen LogP) is 3.44. The molecule has 1 saturated carbocycles. The molecule has 4 nitrogen and oxygen atoms in total. The number of hydrogen-bond acceptors (Lipinski definition) is 3. The highest BCUT2D eigenvalue weighted by Crippen LogP contribution is 2.39. The molecule has 1 amide bonds. The number of benzene rings is 1. The van der Waals surface area contributed by atoms with Gasteiger partial charge in [0.15, 0.2) is 0 Å². The largest absolute Gasteiger partial charge is 0.397 e. The van der Waals surface area contributed by atoms with Crippen molar-refractivity contribution < 1.29 is 9.53 Å². The summed E-state index contributed by atoms with van der Waals surface area (Å²) < 4.78 is 5.81. The Hall–Kier alpha value is -1.55. The Balaban J connectivity index is 1.83. The van der Waals surface area contributed by atoms with Crippen LogP contribution in [0.4, 0.5) is 11.4 Å². The second-order valence-electron chi connectivity index (χ2n) is 6.98. The van der Waals surface area contributed by atoms with Gasteiger partial charge in [0.2, 0.25) is 5.91 Å². The molecule has 0 aromatic heterocycles. The molecule has 2 unspecified atom stereocenters. The summed E-state index contributed by atoms with van der Waals surface area (Å²) in [4.78, 5) is 12.0. The van der Waals surface area contributed by atoms with E-state index in [-0.39, 0.29) is 18.6 Å². The van der Waals surface area contributed by atoms with E-state index in [1.165, 1.54) is 6.42 Å². The van der Waals surface area contributed by atoms with E-state index < -0.39 is 0 Å². The molecule has 1 fully saturated rings. The molecule has 1 aromatic rings.